The maximum atomic E-state index is 15.2. The minimum Gasteiger partial charge on any atom is -0.511 e. The lowest BCUT2D eigenvalue weighted by molar-refractivity contribution is -0.315. The number of aliphatic hydroxyl groups excluding tert-OH is 2. The Hall–Kier alpha value is -4.76. The topological polar surface area (TPSA) is 218 Å². The number of nitrogens with one attached hydrogen (secondary N) is 1. The predicted octanol–water partition coefficient (Wildman–Crippen LogP) is 6.71. The molecule has 0 radical (unpaired) electrons. The van der Waals surface area contributed by atoms with Crippen LogP contribution in [0.15, 0.2) is 70.1 Å². The fourth-order valence-electron chi connectivity index (χ4n) is 12.7. The third-order valence-electron chi connectivity index (χ3n) is 15.7. The van der Waals surface area contributed by atoms with Gasteiger partial charge in [0, 0.05) is 35.3 Å². The number of ether oxygens (including phenoxy) is 4. The first-order chi connectivity index (χ1) is 29.8. The summed E-state index contributed by atoms with van der Waals surface area (Å²) in [4.78, 5) is 55.6. The summed E-state index contributed by atoms with van der Waals surface area (Å²) in [5, 5.41) is 60.3. The lowest BCUT2D eigenvalue weighted by atomic mass is 9.49. The summed E-state index contributed by atoms with van der Waals surface area (Å²) in [6, 6.07) is 1.78. The smallest absolute Gasteiger partial charge is 0.346 e. The number of methoxy groups -OCH3 is 1. The Bertz CT molecular complexity index is 2280. The number of ketones is 1. The Morgan fingerprint density at radius 2 is 1.66 bits per heavy atom. The van der Waals surface area contributed by atoms with Gasteiger partial charge in [-0.2, -0.15) is 0 Å². The molecule has 1 amide bonds. The average molecular weight is 888 g/mol. The van der Waals surface area contributed by atoms with Crippen LogP contribution in [0, 0.1) is 47.3 Å². The summed E-state index contributed by atoms with van der Waals surface area (Å²) >= 11 is 0. The Labute approximate surface area is 375 Å². The van der Waals surface area contributed by atoms with Gasteiger partial charge in [-0.15, -0.1) is 0 Å². The summed E-state index contributed by atoms with van der Waals surface area (Å²) in [7, 11) is 1.44. The first-order valence-electron chi connectivity index (χ1n) is 22.5. The molecule has 1 spiro atoms. The largest absolute Gasteiger partial charge is 0.511 e. The highest BCUT2D eigenvalue weighted by molar-refractivity contribution is 6.26. The number of aromatic hydroxyl groups is 1. The molecule has 6 aliphatic rings. The minimum absolute atomic E-state index is 0.0168. The van der Waals surface area contributed by atoms with Gasteiger partial charge in [0.25, 0.3) is 5.91 Å². The SMILES string of the molecule is COc1cc(C)c(C(=O)NC2C(C)OC(OC3CCC(C)C4C3C=C(C)C3C(C)=CCCC(C)=CC5(C)C=C(C(=O)O)C(C)CC56OC(=O)C(=C(O)C34C)C6=O)C(O)C2(C)O)c(O)c1. The quantitative estimate of drug-likeness (QED) is 0.0995. The normalized spacial score (nSPS) is 40.1. The number of benzene rings is 1. The minimum atomic E-state index is -1.97. The van der Waals surface area contributed by atoms with Crippen molar-refractivity contribution in [1.29, 1.82) is 0 Å². The molecule has 14 atom stereocenters. The van der Waals surface area contributed by atoms with E-state index < -0.39 is 106 Å². The lowest BCUT2D eigenvalue weighted by Gasteiger charge is -2.57. The Morgan fingerprint density at radius 3 is 2.30 bits per heavy atom. The first-order valence-corrected chi connectivity index (χ1v) is 22.5. The van der Waals surface area contributed by atoms with E-state index in [-0.39, 0.29) is 35.0 Å². The highest BCUT2D eigenvalue weighted by Gasteiger charge is 2.67. The molecule has 6 N–H and O–H groups in total. The second-order valence-electron chi connectivity index (χ2n) is 20.2. The number of carbonyl (C=O) groups is 4. The number of aliphatic carboxylic acids is 1. The molecule has 348 valence electrons. The molecule has 1 aromatic carbocycles. The molecule has 3 fully saturated rings. The fourth-order valence-corrected chi connectivity index (χ4v) is 12.7. The Morgan fingerprint density at radius 1 is 0.969 bits per heavy atom. The summed E-state index contributed by atoms with van der Waals surface area (Å²) in [6.07, 6.45) is 5.40. The number of carboxylic acid groups (broad SMARTS) is 1. The fraction of sp³-hybridized carbons (Fsp3) is 0.600. The molecule has 1 saturated carbocycles. The molecule has 0 aromatic heterocycles. The Kier molecular flexibility index (Phi) is 12.2. The first kappa shape index (κ1) is 47.2. The van der Waals surface area contributed by atoms with E-state index in [0.29, 0.717) is 37.0 Å². The highest BCUT2D eigenvalue weighted by Crippen LogP contribution is 2.62. The Balaban J connectivity index is 1.26. The number of rotatable bonds is 6. The summed E-state index contributed by atoms with van der Waals surface area (Å²) < 4.78 is 24.4. The van der Waals surface area contributed by atoms with Crippen LogP contribution in [0.3, 0.4) is 0 Å². The van der Waals surface area contributed by atoms with Crippen LogP contribution in [0.25, 0.3) is 0 Å². The number of esters is 1. The van der Waals surface area contributed by atoms with Crippen molar-refractivity contribution in [2.75, 3.05) is 7.11 Å². The molecule has 14 unspecified atom stereocenters. The number of aliphatic hydroxyl groups is 3. The van der Waals surface area contributed by atoms with Crippen molar-refractivity contribution in [2.24, 2.45) is 40.4 Å². The van der Waals surface area contributed by atoms with Crippen LogP contribution in [0.1, 0.15) is 110 Å². The standard InChI is InChI=1S/C50H65NO13/c1-23-13-12-14-24(2)37-27(5)18-31-34(63-46-42(55)49(10,60)39(29(7)62-46)51-43(56)35-26(4)17-30(61-11)19-33(35)52)16-15-25(3)38(31)48(37,9)40(53)36-41(54)50(64-45(36)59)21-28(6)32(44(57)58)22-47(50,8)20-23/h14,17-20,22,25,28-29,31,34,37-39,42,46,52-53,55,60H,12-13,15-16,21H2,1-11H3,(H,51,56)(H,57,58). The number of aryl methyl sites for hydroxylation is 1. The van der Waals surface area contributed by atoms with Crippen LogP contribution in [0.5, 0.6) is 11.5 Å². The third-order valence-corrected chi connectivity index (χ3v) is 15.7. The van der Waals surface area contributed by atoms with E-state index in [1.54, 1.807) is 39.8 Å². The van der Waals surface area contributed by atoms with Gasteiger partial charge in [-0.25, -0.2) is 9.59 Å². The molecule has 2 bridgehead atoms. The van der Waals surface area contributed by atoms with Crippen LogP contribution in [0.4, 0.5) is 0 Å². The van der Waals surface area contributed by atoms with E-state index in [4.69, 9.17) is 18.9 Å². The summed E-state index contributed by atoms with van der Waals surface area (Å²) in [6.45, 7) is 18.0. The maximum absolute atomic E-state index is 15.2. The zero-order valence-electron chi connectivity index (χ0n) is 38.8. The van der Waals surface area contributed by atoms with Crippen molar-refractivity contribution in [2.45, 2.75) is 143 Å². The van der Waals surface area contributed by atoms with Gasteiger partial charge in [0.05, 0.1) is 36.3 Å². The number of hydrogen-bond donors (Lipinski definition) is 6. The van der Waals surface area contributed by atoms with E-state index in [1.807, 2.05) is 33.8 Å². The second-order valence-corrected chi connectivity index (χ2v) is 20.2. The molecule has 1 aromatic rings. The number of allylic oxidation sites excluding steroid dienone is 5. The van der Waals surface area contributed by atoms with Gasteiger partial charge in [-0.3, -0.25) is 9.59 Å². The molecule has 4 aliphatic carbocycles. The number of carbonyl (C=O) groups excluding carboxylic acids is 3. The van der Waals surface area contributed by atoms with Crippen molar-refractivity contribution < 1.29 is 63.7 Å². The molecule has 14 nitrogen and oxygen atoms in total. The van der Waals surface area contributed by atoms with Crippen molar-refractivity contribution in [3.8, 4) is 11.5 Å². The summed E-state index contributed by atoms with van der Waals surface area (Å²) in [5.41, 5.74) is -3.52. The van der Waals surface area contributed by atoms with Crippen LogP contribution >= 0.6 is 0 Å². The van der Waals surface area contributed by atoms with E-state index in [9.17, 15) is 39.9 Å². The highest BCUT2D eigenvalue weighted by atomic mass is 16.7. The van der Waals surface area contributed by atoms with E-state index in [2.05, 4.69) is 24.4 Å². The number of phenols is 1. The van der Waals surface area contributed by atoms with Gasteiger partial charge in [-0.1, -0.05) is 61.8 Å². The second kappa shape index (κ2) is 16.6. The van der Waals surface area contributed by atoms with E-state index >= 15 is 4.79 Å². The van der Waals surface area contributed by atoms with E-state index in [0.717, 1.165) is 16.7 Å². The van der Waals surface area contributed by atoms with Crippen LogP contribution in [-0.4, -0.2) is 98.1 Å². The molecular weight excluding hydrogens is 823 g/mol. The number of fused-ring (bicyclic) bond motifs is 4. The number of carboxylic acids is 1. The van der Waals surface area contributed by atoms with Crippen molar-refractivity contribution in [1.82, 2.24) is 5.32 Å². The number of hydrogen-bond acceptors (Lipinski definition) is 12. The zero-order valence-corrected chi connectivity index (χ0v) is 38.8. The zero-order chi connectivity index (χ0) is 47.2. The lowest BCUT2D eigenvalue weighted by Crippen LogP contribution is -2.70. The monoisotopic (exact) mass is 887 g/mol. The molecule has 64 heavy (non-hydrogen) atoms. The van der Waals surface area contributed by atoms with Crippen LogP contribution < -0.4 is 10.1 Å². The average Bonchev–Trinajstić information content (AvgIpc) is 3.45. The maximum Gasteiger partial charge on any atom is 0.346 e. The number of amides is 1. The third kappa shape index (κ3) is 7.32. The van der Waals surface area contributed by atoms with Crippen molar-refractivity contribution in [3.05, 3.63) is 81.2 Å². The molecule has 7 rings (SSSR count). The predicted molar refractivity (Wildman–Crippen MR) is 235 cm³/mol. The van der Waals surface area contributed by atoms with Gasteiger partial charge >= 0.3 is 11.9 Å². The number of phenolic OH excluding ortho intramolecular Hbond substituents is 1. The van der Waals surface area contributed by atoms with E-state index in [1.165, 1.54) is 20.1 Å². The molecule has 2 heterocycles. The molecule has 14 heteroatoms. The summed E-state index contributed by atoms with van der Waals surface area (Å²) in [5.74, 6) is -5.78. The number of Topliss-reactive ketones (excluding diaryl/α,β-unsaturated/α-hetero) is 1. The van der Waals surface area contributed by atoms with Gasteiger partial charge in [-0.05, 0) is 104 Å². The molecule has 2 aliphatic heterocycles. The van der Waals surface area contributed by atoms with Crippen molar-refractivity contribution in [3.63, 3.8) is 0 Å². The molecular formula is C50H65NO13. The molecule has 2 saturated heterocycles. The van der Waals surface area contributed by atoms with Gasteiger partial charge in [0.15, 0.2) is 11.9 Å². The van der Waals surface area contributed by atoms with Crippen LogP contribution in [0.2, 0.25) is 0 Å². The van der Waals surface area contributed by atoms with Crippen LogP contribution in [-0.2, 0) is 28.6 Å². The van der Waals surface area contributed by atoms with Gasteiger partial charge in [0.2, 0.25) is 5.78 Å². The van der Waals surface area contributed by atoms with Crippen molar-refractivity contribution >= 4 is 23.6 Å². The van der Waals surface area contributed by atoms with Gasteiger partial charge < -0.3 is 49.8 Å². The van der Waals surface area contributed by atoms with Gasteiger partial charge in [0.1, 0.15) is 34.5 Å².